The van der Waals surface area contributed by atoms with Crippen LogP contribution >= 0.6 is 0 Å². The topological polar surface area (TPSA) is 140 Å². The van der Waals surface area contributed by atoms with Crippen molar-refractivity contribution in [1.82, 2.24) is 0 Å². The van der Waals surface area contributed by atoms with Gasteiger partial charge in [0.1, 0.15) is 5.92 Å². The van der Waals surface area contributed by atoms with Crippen LogP contribution in [0.1, 0.15) is 38.7 Å². The van der Waals surface area contributed by atoms with Gasteiger partial charge in [0.15, 0.2) is 0 Å². The molecule has 3 rings (SSSR count). The Kier molecular flexibility index (Phi) is 8.18. The lowest BCUT2D eigenvalue weighted by Gasteiger charge is -2.45. The molecule has 10 nitrogen and oxygen atoms in total. The van der Waals surface area contributed by atoms with Gasteiger partial charge in [-0.25, -0.2) is 0 Å². The Balaban J connectivity index is 2.09. The van der Waals surface area contributed by atoms with E-state index in [1.807, 2.05) is 6.07 Å². The fourth-order valence-corrected chi connectivity index (χ4v) is 4.48. The Morgan fingerprint density at radius 2 is 1.69 bits per heavy atom. The molecule has 10 heteroatoms. The lowest BCUT2D eigenvalue weighted by atomic mass is 9.61. The SMILES string of the molecule is CCOC(=O)C1C(=NNc2ccc([N+](=O)[O-])cc2)CC(C)(O)C(C(=O)OCC)C1c1ccccc1. The summed E-state index contributed by atoms with van der Waals surface area (Å²) in [4.78, 5) is 36.7. The zero-order valence-electron chi connectivity index (χ0n) is 19.8. The van der Waals surface area contributed by atoms with Crippen molar-refractivity contribution in [3.05, 3.63) is 70.3 Å². The van der Waals surface area contributed by atoms with Crippen LogP contribution < -0.4 is 5.43 Å². The summed E-state index contributed by atoms with van der Waals surface area (Å²) < 4.78 is 10.6. The Labute approximate surface area is 203 Å². The van der Waals surface area contributed by atoms with Crippen molar-refractivity contribution in [2.75, 3.05) is 18.6 Å². The fourth-order valence-electron chi connectivity index (χ4n) is 4.48. The van der Waals surface area contributed by atoms with E-state index in [1.54, 1.807) is 38.1 Å². The minimum absolute atomic E-state index is 0.0744. The third-order valence-electron chi connectivity index (χ3n) is 5.96. The van der Waals surface area contributed by atoms with E-state index in [1.165, 1.54) is 31.2 Å². The van der Waals surface area contributed by atoms with Gasteiger partial charge in [-0.05, 0) is 38.5 Å². The minimum atomic E-state index is -1.58. The summed E-state index contributed by atoms with van der Waals surface area (Å²) in [6.07, 6.45) is -0.0940. The number of nitrogens with zero attached hydrogens (tertiary/aromatic N) is 2. The number of nitro groups is 1. The molecule has 0 bridgehead atoms. The summed E-state index contributed by atoms with van der Waals surface area (Å²) in [5.74, 6) is -4.00. The molecule has 1 aliphatic carbocycles. The number of anilines is 1. The molecule has 0 aliphatic heterocycles. The number of aliphatic hydroxyl groups is 1. The van der Waals surface area contributed by atoms with E-state index < -0.39 is 40.2 Å². The van der Waals surface area contributed by atoms with Crippen molar-refractivity contribution in [2.24, 2.45) is 16.9 Å². The lowest BCUT2D eigenvalue weighted by Crippen LogP contribution is -2.55. The van der Waals surface area contributed by atoms with Gasteiger partial charge in [0.25, 0.3) is 5.69 Å². The number of rotatable bonds is 8. The zero-order chi connectivity index (χ0) is 25.6. The van der Waals surface area contributed by atoms with Crippen LogP contribution in [0.3, 0.4) is 0 Å². The van der Waals surface area contributed by atoms with E-state index in [9.17, 15) is 24.8 Å². The number of nitrogens with one attached hydrogen (secondary N) is 1. The van der Waals surface area contributed by atoms with E-state index in [0.717, 1.165) is 0 Å². The third kappa shape index (κ3) is 5.83. The zero-order valence-corrected chi connectivity index (χ0v) is 19.8. The van der Waals surface area contributed by atoms with Gasteiger partial charge < -0.3 is 14.6 Å². The first-order valence-electron chi connectivity index (χ1n) is 11.4. The van der Waals surface area contributed by atoms with Crippen LogP contribution in [0.5, 0.6) is 0 Å². The average Bonchev–Trinajstić information content (AvgIpc) is 2.82. The molecule has 1 saturated carbocycles. The molecule has 0 radical (unpaired) electrons. The third-order valence-corrected chi connectivity index (χ3v) is 5.96. The van der Waals surface area contributed by atoms with Crippen LogP contribution in [0.15, 0.2) is 59.7 Å². The number of carbonyl (C=O) groups excluding carboxylic acids is 2. The smallest absolute Gasteiger partial charge is 0.315 e. The van der Waals surface area contributed by atoms with Gasteiger partial charge in [-0.15, -0.1) is 0 Å². The Hall–Kier alpha value is -3.79. The predicted octanol–water partition coefficient (Wildman–Crippen LogP) is 3.66. The number of hydrogen-bond acceptors (Lipinski definition) is 9. The standard InChI is InChI=1S/C25H29N3O7/c1-4-34-23(29)21-19(27-26-17-11-13-18(14-12-17)28(32)33)15-25(3,31)22(24(30)35-5-2)20(21)16-9-7-6-8-10-16/h6-14,20-22,26,31H,4-5,15H2,1-3H3. The van der Waals surface area contributed by atoms with Crippen molar-refractivity contribution < 1.29 is 29.1 Å². The van der Waals surface area contributed by atoms with Gasteiger partial charge in [-0.2, -0.15) is 5.10 Å². The number of carbonyl (C=O) groups is 2. The molecule has 0 aromatic heterocycles. The summed E-state index contributed by atoms with van der Waals surface area (Å²) in [6.45, 7) is 5.13. The fraction of sp³-hybridized carbons (Fsp3) is 0.400. The molecule has 4 unspecified atom stereocenters. The first-order valence-corrected chi connectivity index (χ1v) is 11.4. The van der Waals surface area contributed by atoms with Crippen molar-refractivity contribution in [3.8, 4) is 0 Å². The molecule has 2 aromatic rings. The Morgan fingerprint density at radius 3 is 2.26 bits per heavy atom. The van der Waals surface area contributed by atoms with E-state index in [0.29, 0.717) is 17.0 Å². The van der Waals surface area contributed by atoms with Crippen LogP contribution in [0, 0.1) is 22.0 Å². The highest BCUT2D eigenvalue weighted by molar-refractivity contribution is 6.06. The molecule has 2 N–H and O–H groups in total. The monoisotopic (exact) mass is 483 g/mol. The maximum absolute atomic E-state index is 13.2. The van der Waals surface area contributed by atoms with Crippen molar-refractivity contribution in [3.63, 3.8) is 0 Å². The van der Waals surface area contributed by atoms with E-state index in [4.69, 9.17) is 9.47 Å². The van der Waals surface area contributed by atoms with Gasteiger partial charge in [0, 0.05) is 24.5 Å². The summed E-state index contributed by atoms with van der Waals surface area (Å²) >= 11 is 0. The van der Waals surface area contributed by atoms with Gasteiger partial charge in [-0.1, -0.05) is 30.3 Å². The molecular formula is C25H29N3O7. The van der Waals surface area contributed by atoms with Crippen LogP contribution in [0.2, 0.25) is 0 Å². The molecule has 4 atom stereocenters. The molecule has 186 valence electrons. The normalized spacial score (nSPS) is 25.0. The maximum atomic E-state index is 13.2. The molecule has 0 saturated heterocycles. The maximum Gasteiger partial charge on any atom is 0.315 e. The number of hydrazone groups is 1. The van der Waals surface area contributed by atoms with Gasteiger partial charge in [-0.3, -0.25) is 25.1 Å². The van der Waals surface area contributed by atoms with Gasteiger partial charge >= 0.3 is 11.9 Å². The van der Waals surface area contributed by atoms with Crippen molar-refractivity contribution in [2.45, 2.75) is 38.7 Å². The quantitative estimate of drug-likeness (QED) is 0.329. The predicted molar refractivity (Wildman–Crippen MR) is 129 cm³/mol. The molecule has 0 amide bonds. The highest BCUT2D eigenvalue weighted by Gasteiger charge is 2.56. The van der Waals surface area contributed by atoms with E-state index in [2.05, 4.69) is 10.5 Å². The highest BCUT2D eigenvalue weighted by atomic mass is 16.6. The number of nitro benzene ring substituents is 1. The van der Waals surface area contributed by atoms with E-state index >= 15 is 0 Å². The number of hydrogen-bond donors (Lipinski definition) is 2. The highest BCUT2D eigenvalue weighted by Crippen LogP contribution is 2.47. The second-order valence-corrected chi connectivity index (χ2v) is 8.45. The Bertz CT molecular complexity index is 1080. The molecule has 0 heterocycles. The van der Waals surface area contributed by atoms with Gasteiger partial charge in [0.05, 0.1) is 41.1 Å². The summed E-state index contributed by atoms with van der Waals surface area (Å²) in [6, 6.07) is 14.6. The summed E-state index contributed by atoms with van der Waals surface area (Å²) in [5, 5.41) is 26.7. The lowest BCUT2D eigenvalue weighted by molar-refractivity contribution is -0.384. The largest absolute Gasteiger partial charge is 0.466 e. The molecule has 35 heavy (non-hydrogen) atoms. The summed E-state index contributed by atoms with van der Waals surface area (Å²) in [7, 11) is 0. The molecule has 1 fully saturated rings. The second kappa shape index (κ2) is 11.1. The summed E-state index contributed by atoms with van der Waals surface area (Å²) in [5.41, 5.74) is 2.57. The average molecular weight is 484 g/mol. The molecule has 0 spiro atoms. The van der Waals surface area contributed by atoms with Crippen LogP contribution in [0.25, 0.3) is 0 Å². The second-order valence-electron chi connectivity index (χ2n) is 8.45. The van der Waals surface area contributed by atoms with Crippen molar-refractivity contribution >= 4 is 29.0 Å². The van der Waals surface area contributed by atoms with E-state index in [-0.39, 0.29) is 25.3 Å². The number of esters is 2. The van der Waals surface area contributed by atoms with Crippen molar-refractivity contribution in [1.29, 1.82) is 0 Å². The number of ether oxygens (including phenoxy) is 2. The molecule has 2 aromatic carbocycles. The van der Waals surface area contributed by atoms with Crippen LogP contribution in [-0.2, 0) is 19.1 Å². The van der Waals surface area contributed by atoms with Gasteiger partial charge in [0.2, 0.25) is 0 Å². The first-order chi connectivity index (χ1) is 16.7. The minimum Gasteiger partial charge on any atom is -0.466 e. The molecular weight excluding hydrogens is 454 g/mol. The van der Waals surface area contributed by atoms with Crippen LogP contribution in [0.4, 0.5) is 11.4 Å². The number of non-ortho nitro benzene ring substituents is 1. The molecule has 1 aliphatic rings. The Morgan fingerprint density at radius 1 is 1.09 bits per heavy atom. The first kappa shape index (κ1) is 25.8. The van der Waals surface area contributed by atoms with Crippen LogP contribution in [-0.4, -0.2) is 46.5 Å². The number of benzene rings is 2.